The third-order valence-corrected chi connectivity index (χ3v) is 9.91. The molecule has 0 bridgehead atoms. The van der Waals surface area contributed by atoms with Crippen LogP contribution in [0, 0.1) is 41.5 Å². The standard InChI is InChI=1S/C48H43N3/c1-32-7-17-38(18-8-32)49(39-19-9-33(2)10-20-39)42-29-43(50(40-21-11-34(3)12-22-40)41-23-13-35(4)14-24-41)31-44(30-42)51-47-25-15-36(5)27-45(47)46-28-37(6)16-26-48(46)51/h7-31H,1-6H3. The summed E-state index contributed by atoms with van der Waals surface area (Å²) in [7, 11) is 0. The molecule has 3 heteroatoms. The first kappa shape index (κ1) is 32.2. The highest BCUT2D eigenvalue weighted by molar-refractivity contribution is 6.10. The number of benzene rings is 7. The number of hydrogen-bond acceptors (Lipinski definition) is 2. The first-order valence-electron chi connectivity index (χ1n) is 17.8. The van der Waals surface area contributed by atoms with Gasteiger partial charge in [-0.05, 0) is 133 Å². The van der Waals surface area contributed by atoms with Crippen LogP contribution in [0.1, 0.15) is 33.4 Å². The van der Waals surface area contributed by atoms with E-state index in [2.05, 4.69) is 208 Å². The van der Waals surface area contributed by atoms with E-state index >= 15 is 0 Å². The first-order chi connectivity index (χ1) is 24.7. The molecule has 0 N–H and O–H groups in total. The van der Waals surface area contributed by atoms with Gasteiger partial charge in [0.2, 0.25) is 0 Å². The van der Waals surface area contributed by atoms with Crippen molar-refractivity contribution in [2.75, 3.05) is 9.80 Å². The average Bonchev–Trinajstić information content (AvgIpc) is 3.44. The summed E-state index contributed by atoms with van der Waals surface area (Å²) in [4.78, 5) is 4.77. The van der Waals surface area contributed by atoms with Gasteiger partial charge in [0.15, 0.2) is 0 Å². The Hall–Kier alpha value is -6.06. The van der Waals surface area contributed by atoms with Crippen molar-refractivity contribution >= 4 is 55.9 Å². The van der Waals surface area contributed by atoms with Crippen molar-refractivity contribution in [1.82, 2.24) is 4.57 Å². The highest BCUT2D eigenvalue weighted by atomic mass is 15.2. The minimum Gasteiger partial charge on any atom is -0.310 e. The molecule has 0 spiro atoms. The Morgan fingerprint density at radius 3 is 0.902 bits per heavy atom. The topological polar surface area (TPSA) is 11.4 Å². The fourth-order valence-corrected chi connectivity index (χ4v) is 7.17. The number of aryl methyl sites for hydroxylation is 6. The van der Waals surface area contributed by atoms with Crippen molar-refractivity contribution in [3.63, 3.8) is 0 Å². The third-order valence-electron chi connectivity index (χ3n) is 9.91. The molecule has 250 valence electrons. The van der Waals surface area contributed by atoms with Gasteiger partial charge in [-0.1, -0.05) is 94.0 Å². The maximum absolute atomic E-state index is 2.45. The van der Waals surface area contributed by atoms with E-state index in [9.17, 15) is 0 Å². The molecule has 8 rings (SSSR count). The fraction of sp³-hybridized carbons (Fsp3) is 0.125. The van der Waals surface area contributed by atoms with Crippen LogP contribution < -0.4 is 9.80 Å². The zero-order valence-corrected chi connectivity index (χ0v) is 30.3. The lowest BCUT2D eigenvalue weighted by atomic mass is 10.1. The third kappa shape index (κ3) is 6.17. The predicted molar refractivity (Wildman–Crippen MR) is 219 cm³/mol. The molecule has 0 amide bonds. The molecule has 7 aromatic carbocycles. The molecule has 1 aromatic heterocycles. The van der Waals surface area contributed by atoms with E-state index in [4.69, 9.17) is 0 Å². The van der Waals surface area contributed by atoms with Crippen LogP contribution >= 0.6 is 0 Å². The van der Waals surface area contributed by atoms with Crippen molar-refractivity contribution in [2.45, 2.75) is 41.5 Å². The average molecular weight is 662 g/mol. The second-order valence-corrected chi connectivity index (χ2v) is 14.1. The van der Waals surface area contributed by atoms with Crippen molar-refractivity contribution in [1.29, 1.82) is 0 Å². The van der Waals surface area contributed by atoms with Crippen molar-refractivity contribution in [2.24, 2.45) is 0 Å². The molecule has 0 radical (unpaired) electrons. The van der Waals surface area contributed by atoms with Gasteiger partial charge in [0.25, 0.3) is 0 Å². The van der Waals surface area contributed by atoms with Gasteiger partial charge in [-0.15, -0.1) is 0 Å². The van der Waals surface area contributed by atoms with E-state index < -0.39 is 0 Å². The van der Waals surface area contributed by atoms with Crippen LogP contribution in [-0.4, -0.2) is 4.57 Å². The summed E-state index contributed by atoms with van der Waals surface area (Å²) in [5.41, 5.74) is 17.5. The largest absolute Gasteiger partial charge is 0.310 e. The van der Waals surface area contributed by atoms with Crippen molar-refractivity contribution in [3.05, 3.63) is 185 Å². The number of fused-ring (bicyclic) bond motifs is 3. The van der Waals surface area contributed by atoms with E-state index in [-0.39, 0.29) is 0 Å². The molecule has 0 fully saturated rings. The van der Waals surface area contributed by atoms with Gasteiger partial charge in [0.05, 0.1) is 28.1 Å². The molecule has 51 heavy (non-hydrogen) atoms. The monoisotopic (exact) mass is 661 g/mol. The number of aromatic nitrogens is 1. The Balaban J connectivity index is 1.47. The zero-order valence-electron chi connectivity index (χ0n) is 30.3. The van der Waals surface area contributed by atoms with E-state index in [0.717, 1.165) is 39.8 Å². The molecule has 8 aromatic rings. The minimum absolute atomic E-state index is 1.08. The molecule has 0 saturated heterocycles. The molecule has 0 atom stereocenters. The molecule has 0 aliphatic rings. The van der Waals surface area contributed by atoms with Gasteiger partial charge in [-0.2, -0.15) is 0 Å². The Kier molecular flexibility index (Phi) is 8.20. The van der Waals surface area contributed by atoms with Crippen molar-refractivity contribution in [3.8, 4) is 5.69 Å². The number of hydrogen-bond donors (Lipinski definition) is 0. The van der Waals surface area contributed by atoms with Crippen LogP contribution in [-0.2, 0) is 0 Å². The van der Waals surface area contributed by atoms with Crippen LogP contribution in [0.4, 0.5) is 34.1 Å². The Labute approximate surface area is 301 Å². The molecular weight excluding hydrogens is 619 g/mol. The molecule has 0 aliphatic heterocycles. The second-order valence-electron chi connectivity index (χ2n) is 14.1. The van der Waals surface area contributed by atoms with Gasteiger partial charge >= 0.3 is 0 Å². The smallest absolute Gasteiger partial charge is 0.0541 e. The number of anilines is 6. The van der Waals surface area contributed by atoms with E-state index in [1.807, 2.05) is 0 Å². The van der Waals surface area contributed by atoms with Crippen LogP contribution in [0.25, 0.3) is 27.5 Å². The molecule has 0 saturated carbocycles. The van der Waals surface area contributed by atoms with Gasteiger partial charge < -0.3 is 14.4 Å². The van der Waals surface area contributed by atoms with E-state index in [0.29, 0.717) is 0 Å². The SMILES string of the molecule is Cc1ccc(N(c2ccc(C)cc2)c2cc(N(c3ccc(C)cc3)c3ccc(C)cc3)cc(-n3c4ccc(C)cc4c4cc(C)ccc43)c2)cc1. The zero-order chi connectivity index (χ0) is 35.2. The minimum atomic E-state index is 1.08. The summed E-state index contributed by atoms with van der Waals surface area (Å²) >= 11 is 0. The summed E-state index contributed by atoms with van der Waals surface area (Å²) in [6.07, 6.45) is 0. The lowest BCUT2D eigenvalue weighted by molar-refractivity contribution is 1.15. The summed E-state index contributed by atoms with van der Waals surface area (Å²) < 4.78 is 2.45. The first-order valence-corrected chi connectivity index (χ1v) is 17.8. The maximum atomic E-state index is 2.45. The summed E-state index contributed by atoms with van der Waals surface area (Å²) in [6, 6.07) is 56.1. The predicted octanol–water partition coefficient (Wildman–Crippen LogP) is 13.6. The second kappa shape index (κ2) is 13.0. The number of nitrogens with zero attached hydrogens (tertiary/aromatic N) is 3. The van der Waals surface area contributed by atoms with Gasteiger partial charge in [0, 0.05) is 33.5 Å². The van der Waals surface area contributed by atoms with Crippen LogP contribution in [0.15, 0.2) is 152 Å². The molecule has 0 unspecified atom stereocenters. The molecule has 1 heterocycles. The maximum Gasteiger partial charge on any atom is 0.0541 e. The molecule has 0 aliphatic carbocycles. The highest BCUT2D eigenvalue weighted by Crippen LogP contribution is 2.44. The van der Waals surface area contributed by atoms with Gasteiger partial charge in [-0.3, -0.25) is 0 Å². The number of rotatable bonds is 7. The van der Waals surface area contributed by atoms with E-state index in [1.165, 1.54) is 55.2 Å². The summed E-state index contributed by atoms with van der Waals surface area (Å²) in [5.74, 6) is 0. The van der Waals surface area contributed by atoms with E-state index in [1.54, 1.807) is 0 Å². The van der Waals surface area contributed by atoms with Crippen LogP contribution in [0.2, 0.25) is 0 Å². The Bertz CT molecular complexity index is 2240. The highest BCUT2D eigenvalue weighted by Gasteiger charge is 2.21. The van der Waals surface area contributed by atoms with Gasteiger partial charge in [-0.25, -0.2) is 0 Å². The fourth-order valence-electron chi connectivity index (χ4n) is 7.17. The van der Waals surface area contributed by atoms with Crippen LogP contribution in [0.5, 0.6) is 0 Å². The normalized spacial score (nSPS) is 11.3. The lowest BCUT2D eigenvalue weighted by Gasteiger charge is -2.30. The quantitative estimate of drug-likeness (QED) is 0.168. The molecule has 3 nitrogen and oxygen atoms in total. The Morgan fingerprint density at radius 1 is 0.294 bits per heavy atom. The Morgan fingerprint density at radius 2 is 0.588 bits per heavy atom. The van der Waals surface area contributed by atoms with Crippen molar-refractivity contribution < 1.29 is 0 Å². The van der Waals surface area contributed by atoms with Crippen LogP contribution in [0.3, 0.4) is 0 Å². The lowest BCUT2D eigenvalue weighted by Crippen LogP contribution is -2.14. The summed E-state index contributed by atoms with van der Waals surface area (Å²) in [5, 5.41) is 2.53. The van der Waals surface area contributed by atoms with Gasteiger partial charge in [0.1, 0.15) is 0 Å². The molecular formula is C48H43N3. The summed E-state index contributed by atoms with van der Waals surface area (Å²) in [6.45, 7) is 12.9.